The zero-order valence-corrected chi connectivity index (χ0v) is 17.8. The van der Waals surface area contributed by atoms with E-state index in [2.05, 4.69) is 27.8 Å². The molecule has 2 N–H and O–H groups in total. The SMILES string of the molecule is CCCCOc1ccc(CNC(=O)c2nnc(C(=O)Nc3ccc(C)cc3)s2)cc1. The van der Waals surface area contributed by atoms with Crippen LogP contribution in [0.3, 0.4) is 0 Å². The molecular formula is C22H24N4O3S. The van der Waals surface area contributed by atoms with Crippen molar-refractivity contribution in [2.75, 3.05) is 11.9 Å². The highest BCUT2D eigenvalue weighted by Gasteiger charge is 2.17. The van der Waals surface area contributed by atoms with Crippen molar-refractivity contribution in [2.45, 2.75) is 33.2 Å². The Hall–Kier alpha value is -3.26. The minimum Gasteiger partial charge on any atom is -0.494 e. The molecule has 1 aromatic heterocycles. The maximum Gasteiger partial charge on any atom is 0.286 e. The summed E-state index contributed by atoms with van der Waals surface area (Å²) in [6.45, 7) is 5.13. The van der Waals surface area contributed by atoms with E-state index in [1.165, 1.54) is 0 Å². The van der Waals surface area contributed by atoms with Crippen LogP contribution < -0.4 is 15.4 Å². The predicted molar refractivity (Wildman–Crippen MR) is 117 cm³/mol. The molecule has 3 aromatic rings. The summed E-state index contributed by atoms with van der Waals surface area (Å²) in [7, 11) is 0. The molecule has 0 spiro atoms. The molecule has 7 nitrogen and oxygen atoms in total. The fourth-order valence-corrected chi connectivity index (χ4v) is 3.18. The largest absolute Gasteiger partial charge is 0.494 e. The monoisotopic (exact) mass is 424 g/mol. The van der Waals surface area contributed by atoms with Crippen LogP contribution in [0.1, 0.15) is 50.5 Å². The Morgan fingerprint density at radius 3 is 2.30 bits per heavy atom. The molecule has 8 heteroatoms. The summed E-state index contributed by atoms with van der Waals surface area (Å²) in [4.78, 5) is 24.6. The van der Waals surface area contributed by atoms with Gasteiger partial charge >= 0.3 is 0 Å². The number of unbranched alkanes of at least 4 members (excludes halogenated alkanes) is 1. The van der Waals surface area contributed by atoms with Crippen LogP contribution in [0.2, 0.25) is 0 Å². The second-order valence-electron chi connectivity index (χ2n) is 6.76. The Labute approximate surface area is 179 Å². The van der Waals surface area contributed by atoms with E-state index in [1.54, 1.807) is 0 Å². The topological polar surface area (TPSA) is 93.2 Å². The second kappa shape index (κ2) is 10.5. The fraction of sp³-hybridized carbons (Fsp3) is 0.273. The van der Waals surface area contributed by atoms with Crippen LogP contribution in [0.4, 0.5) is 5.69 Å². The number of anilines is 1. The van der Waals surface area contributed by atoms with Crippen LogP contribution in [0.25, 0.3) is 0 Å². The van der Waals surface area contributed by atoms with Gasteiger partial charge in [-0.3, -0.25) is 9.59 Å². The quantitative estimate of drug-likeness (QED) is 0.502. The van der Waals surface area contributed by atoms with Crippen molar-refractivity contribution in [1.29, 1.82) is 0 Å². The number of carbonyl (C=O) groups excluding carboxylic acids is 2. The van der Waals surface area contributed by atoms with Gasteiger partial charge in [0, 0.05) is 12.2 Å². The van der Waals surface area contributed by atoms with Crippen molar-refractivity contribution < 1.29 is 14.3 Å². The summed E-state index contributed by atoms with van der Waals surface area (Å²) in [5.74, 6) is 0.0473. The first kappa shape index (κ1) is 21.4. The molecular weight excluding hydrogens is 400 g/mol. The number of benzene rings is 2. The number of amides is 2. The van der Waals surface area contributed by atoms with Gasteiger partial charge in [-0.05, 0) is 43.2 Å². The summed E-state index contributed by atoms with van der Waals surface area (Å²) in [6.07, 6.45) is 2.11. The van der Waals surface area contributed by atoms with Crippen molar-refractivity contribution >= 4 is 28.8 Å². The van der Waals surface area contributed by atoms with Gasteiger partial charge in [0.1, 0.15) is 5.75 Å². The van der Waals surface area contributed by atoms with Crippen LogP contribution >= 0.6 is 11.3 Å². The summed E-state index contributed by atoms with van der Waals surface area (Å²) in [6, 6.07) is 15.0. The number of ether oxygens (including phenoxy) is 1. The van der Waals surface area contributed by atoms with Crippen molar-refractivity contribution in [2.24, 2.45) is 0 Å². The molecule has 0 radical (unpaired) electrons. The van der Waals surface area contributed by atoms with Gasteiger partial charge in [-0.2, -0.15) is 0 Å². The van der Waals surface area contributed by atoms with E-state index < -0.39 is 5.91 Å². The molecule has 30 heavy (non-hydrogen) atoms. The zero-order valence-electron chi connectivity index (χ0n) is 17.0. The van der Waals surface area contributed by atoms with Crippen LogP contribution in [0, 0.1) is 6.92 Å². The molecule has 3 rings (SSSR count). The van der Waals surface area contributed by atoms with Crippen LogP contribution in [0.15, 0.2) is 48.5 Å². The van der Waals surface area contributed by atoms with Gasteiger partial charge in [0.05, 0.1) is 6.61 Å². The minimum absolute atomic E-state index is 0.134. The molecule has 2 aromatic carbocycles. The lowest BCUT2D eigenvalue weighted by atomic mass is 10.2. The Morgan fingerprint density at radius 2 is 1.63 bits per heavy atom. The lowest BCUT2D eigenvalue weighted by molar-refractivity contribution is 0.0948. The van der Waals surface area contributed by atoms with E-state index >= 15 is 0 Å². The third-order valence-corrected chi connectivity index (χ3v) is 5.19. The zero-order chi connectivity index (χ0) is 21.3. The van der Waals surface area contributed by atoms with Gasteiger partial charge in [0.2, 0.25) is 10.0 Å². The number of aryl methyl sites for hydroxylation is 1. The van der Waals surface area contributed by atoms with E-state index in [9.17, 15) is 9.59 Å². The number of carbonyl (C=O) groups is 2. The number of aromatic nitrogens is 2. The average Bonchev–Trinajstić information content (AvgIpc) is 3.25. The number of nitrogens with one attached hydrogen (secondary N) is 2. The highest BCUT2D eigenvalue weighted by Crippen LogP contribution is 2.15. The predicted octanol–water partition coefficient (Wildman–Crippen LogP) is 4.21. The molecule has 0 unspecified atom stereocenters. The number of rotatable bonds is 9. The lowest BCUT2D eigenvalue weighted by Gasteiger charge is -2.07. The molecule has 0 aliphatic rings. The van der Waals surface area contributed by atoms with Crippen molar-refractivity contribution in [1.82, 2.24) is 15.5 Å². The molecule has 1 heterocycles. The van der Waals surface area contributed by atoms with E-state index in [1.807, 2.05) is 55.5 Å². The smallest absolute Gasteiger partial charge is 0.286 e. The number of nitrogens with zero attached hydrogens (tertiary/aromatic N) is 2. The molecule has 0 aliphatic carbocycles. The molecule has 156 valence electrons. The third kappa shape index (κ3) is 6.12. The Balaban J connectivity index is 1.51. The van der Waals surface area contributed by atoms with Gasteiger partial charge in [-0.25, -0.2) is 0 Å². The van der Waals surface area contributed by atoms with Gasteiger partial charge in [-0.15, -0.1) is 10.2 Å². The average molecular weight is 425 g/mol. The molecule has 0 saturated carbocycles. The summed E-state index contributed by atoms with van der Waals surface area (Å²) >= 11 is 0.954. The maximum absolute atomic E-state index is 12.3. The van der Waals surface area contributed by atoms with Gasteiger partial charge < -0.3 is 15.4 Å². The third-order valence-electron chi connectivity index (χ3n) is 4.27. The Bertz CT molecular complexity index is 984. The molecule has 0 saturated heterocycles. The fourth-order valence-electron chi connectivity index (χ4n) is 2.52. The summed E-state index contributed by atoms with van der Waals surface area (Å²) < 4.78 is 5.63. The van der Waals surface area contributed by atoms with E-state index in [0.29, 0.717) is 18.8 Å². The van der Waals surface area contributed by atoms with Crippen LogP contribution in [-0.4, -0.2) is 28.6 Å². The Kier molecular flexibility index (Phi) is 7.51. The van der Waals surface area contributed by atoms with Gasteiger partial charge in [0.15, 0.2) is 0 Å². The van der Waals surface area contributed by atoms with Gasteiger partial charge in [0.25, 0.3) is 11.8 Å². The van der Waals surface area contributed by atoms with Crippen molar-refractivity contribution in [3.8, 4) is 5.75 Å². The molecule has 0 fully saturated rings. The molecule has 0 aliphatic heterocycles. The number of hydrogen-bond acceptors (Lipinski definition) is 6. The van der Waals surface area contributed by atoms with E-state index in [0.717, 1.165) is 41.1 Å². The van der Waals surface area contributed by atoms with Crippen LogP contribution in [0.5, 0.6) is 5.75 Å². The first-order chi connectivity index (χ1) is 14.5. The normalized spacial score (nSPS) is 10.5. The molecule has 0 atom stereocenters. The lowest BCUT2D eigenvalue weighted by Crippen LogP contribution is -2.22. The summed E-state index contributed by atoms with van der Waals surface area (Å²) in [5.41, 5.74) is 2.70. The first-order valence-corrected chi connectivity index (χ1v) is 10.6. The van der Waals surface area contributed by atoms with Gasteiger partial charge in [-0.1, -0.05) is 54.5 Å². The second-order valence-corrected chi connectivity index (χ2v) is 7.74. The molecule has 0 bridgehead atoms. The highest BCUT2D eigenvalue weighted by atomic mass is 32.1. The number of hydrogen-bond donors (Lipinski definition) is 2. The van der Waals surface area contributed by atoms with Crippen molar-refractivity contribution in [3.63, 3.8) is 0 Å². The van der Waals surface area contributed by atoms with Crippen molar-refractivity contribution in [3.05, 3.63) is 69.7 Å². The van der Waals surface area contributed by atoms with Crippen LogP contribution in [-0.2, 0) is 6.54 Å². The first-order valence-electron chi connectivity index (χ1n) is 9.76. The highest BCUT2D eigenvalue weighted by molar-refractivity contribution is 7.15. The maximum atomic E-state index is 12.3. The minimum atomic E-state index is -0.394. The standard InChI is InChI=1S/C22H24N4O3S/c1-3-4-13-29-18-11-7-16(8-12-18)14-23-19(27)21-25-26-22(30-21)20(28)24-17-9-5-15(2)6-10-17/h5-12H,3-4,13-14H2,1-2H3,(H,23,27)(H,24,28). The Morgan fingerprint density at radius 1 is 0.967 bits per heavy atom. The van der Waals surface area contributed by atoms with E-state index in [-0.39, 0.29) is 15.9 Å². The molecule has 2 amide bonds. The summed E-state index contributed by atoms with van der Waals surface area (Å²) in [5, 5.41) is 13.5. The van der Waals surface area contributed by atoms with E-state index in [4.69, 9.17) is 4.74 Å².